The van der Waals surface area contributed by atoms with Crippen molar-refractivity contribution >= 4 is 56.6 Å². The number of amides is 1. The van der Waals surface area contributed by atoms with E-state index in [2.05, 4.69) is 31.5 Å². The Morgan fingerprint density at radius 1 is 1.07 bits per heavy atom. The number of anilines is 1. The third kappa shape index (κ3) is 5.06. The molecule has 148 valence electrons. The van der Waals surface area contributed by atoms with Crippen molar-refractivity contribution < 1.29 is 18.3 Å². The Balaban J connectivity index is 1.80. The second-order valence-corrected chi connectivity index (χ2v) is 7.17. The van der Waals surface area contributed by atoms with Gasteiger partial charge in [-0.1, -0.05) is 35.9 Å². The van der Waals surface area contributed by atoms with Gasteiger partial charge in [0.1, 0.15) is 5.02 Å². The van der Waals surface area contributed by atoms with Crippen LogP contribution >= 0.6 is 39.7 Å². The van der Waals surface area contributed by atoms with Gasteiger partial charge in [0.2, 0.25) is 0 Å². The molecule has 10 heteroatoms. The van der Waals surface area contributed by atoms with Crippen LogP contribution in [0.15, 0.2) is 59.2 Å². The van der Waals surface area contributed by atoms with Gasteiger partial charge in [-0.2, -0.15) is 0 Å². The van der Waals surface area contributed by atoms with Crippen LogP contribution in [0.4, 0.5) is 14.6 Å². The molecule has 3 rings (SSSR count). The predicted molar refractivity (Wildman–Crippen MR) is 114 cm³/mol. The van der Waals surface area contributed by atoms with Gasteiger partial charge in [-0.25, -0.2) is 13.8 Å². The van der Waals surface area contributed by atoms with Crippen LogP contribution in [-0.2, 0) is 0 Å². The predicted octanol–water partition coefficient (Wildman–Crippen LogP) is 5.69. The lowest BCUT2D eigenvalue weighted by atomic mass is 10.2. The van der Waals surface area contributed by atoms with Gasteiger partial charge in [-0.3, -0.25) is 10.1 Å². The number of halogens is 4. The summed E-state index contributed by atoms with van der Waals surface area (Å²) in [5, 5.41) is 4.98. The zero-order valence-electron chi connectivity index (χ0n) is 14.4. The summed E-state index contributed by atoms with van der Waals surface area (Å²) in [4.78, 5) is 16.2. The summed E-state index contributed by atoms with van der Waals surface area (Å²) < 4.78 is 33.4. The second-order valence-electron chi connectivity index (χ2n) is 5.52. The monoisotopic (exact) mass is 497 g/mol. The first-order chi connectivity index (χ1) is 13.9. The summed E-state index contributed by atoms with van der Waals surface area (Å²) in [5.74, 6) is -2.89. The third-order valence-corrected chi connectivity index (χ3v) is 4.67. The zero-order valence-corrected chi connectivity index (χ0v) is 17.5. The molecular weight excluding hydrogens is 488 g/mol. The van der Waals surface area contributed by atoms with Gasteiger partial charge in [-0.05, 0) is 52.4 Å². The van der Waals surface area contributed by atoms with Crippen molar-refractivity contribution in [2.75, 3.05) is 5.32 Å². The maximum atomic E-state index is 13.9. The minimum Gasteiger partial charge on any atom is -0.448 e. The van der Waals surface area contributed by atoms with Gasteiger partial charge >= 0.3 is 0 Å². The van der Waals surface area contributed by atoms with Crippen molar-refractivity contribution in [1.82, 2.24) is 10.3 Å². The van der Waals surface area contributed by atoms with Gasteiger partial charge in [-0.15, -0.1) is 0 Å². The van der Waals surface area contributed by atoms with Crippen molar-refractivity contribution in [2.45, 2.75) is 0 Å². The van der Waals surface area contributed by atoms with E-state index in [0.717, 1.165) is 12.1 Å². The number of benzene rings is 2. The van der Waals surface area contributed by atoms with Crippen LogP contribution in [0.2, 0.25) is 5.02 Å². The van der Waals surface area contributed by atoms with Crippen LogP contribution in [0.1, 0.15) is 10.4 Å². The first kappa shape index (κ1) is 21.1. The lowest BCUT2D eigenvalue weighted by Crippen LogP contribution is -2.34. The lowest BCUT2D eigenvalue weighted by Gasteiger charge is -2.15. The molecule has 0 saturated carbocycles. The summed E-state index contributed by atoms with van der Waals surface area (Å²) in [5.41, 5.74) is 0.408. The molecule has 0 spiro atoms. The molecule has 0 atom stereocenters. The topological polar surface area (TPSA) is 63.2 Å². The van der Waals surface area contributed by atoms with Gasteiger partial charge in [0.15, 0.2) is 34.1 Å². The number of carbonyl (C=O) groups excluding carboxylic acids is 1. The van der Waals surface area contributed by atoms with E-state index < -0.39 is 23.3 Å². The Labute approximate surface area is 183 Å². The molecule has 0 aliphatic carbocycles. The molecule has 0 fully saturated rings. The first-order valence-corrected chi connectivity index (χ1v) is 9.58. The summed E-state index contributed by atoms with van der Waals surface area (Å²) in [7, 11) is 0. The highest BCUT2D eigenvalue weighted by atomic mass is 79.9. The Morgan fingerprint density at radius 2 is 1.72 bits per heavy atom. The van der Waals surface area contributed by atoms with E-state index in [9.17, 15) is 13.6 Å². The summed E-state index contributed by atoms with van der Waals surface area (Å²) in [6.45, 7) is 0. The van der Waals surface area contributed by atoms with Crippen LogP contribution in [0.5, 0.6) is 11.5 Å². The van der Waals surface area contributed by atoms with Crippen molar-refractivity contribution in [3.05, 3.63) is 81.4 Å². The van der Waals surface area contributed by atoms with E-state index in [4.69, 9.17) is 28.6 Å². The highest BCUT2D eigenvalue weighted by Crippen LogP contribution is 2.40. The van der Waals surface area contributed by atoms with Crippen molar-refractivity contribution in [3.63, 3.8) is 0 Å². The van der Waals surface area contributed by atoms with Gasteiger partial charge in [0, 0.05) is 11.8 Å². The molecule has 0 bridgehead atoms. The normalized spacial score (nSPS) is 10.3. The Hall–Kier alpha value is -2.62. The Morgan fingerprint density at radius 3 is 2.38 bits per heavy atom. The molecular formula is C19H11BrClF2N3O2S. The maximum absolute atomic E-state index is 13.9. The number of nitrogens with zero attached hydrogens (tertiary/aromatic N) is 1. The zero-order chi connectivity index (χ0) is 21.0. The van der Waals surface area contributed by atoms with Crippen LogP contribution < -0.4 is 15.4 Å². The molecule has 1 amide bonds. The second kappa shape index (κ2) is 9.25. The fourth-order valence-electron chi connectivity index (χ4n) is 2.22. The molecule has 1 aromatic heterocycles. The van der Waals surface area contributed by atoms with Crippen LogP contribution in [0.25, 0.3) is 0 Å². The third-order valence-electron chi connectivity index (χ3n) is 3.55. The molecule has 0 saturated heterocycles. The minimum absolute atomic E-state index is 0.0278. The van der Waals surface area contributed by atoms with E-state index in [1.54, 1.807) is 30.3 Å². The maximum Gasteiger partial charge on any atom is 0.257 e. The largest absolute Gasteiger partial charge is 0.448 e. The SMILES string of the molecule is O=C(NC(=S)Nc1ncc(Br)c(Oc2c(F)cccc2F)c1Cl)c1ccccc1. The standard InChI is InChI=1S/C19H11BrClF2N3O2S/c20-11-9-24-17(25-19(29)26-18(27)10-5-2-1-3-6-10)14(21)15(11)28-16-12(22)7-4-8-13(16)23/h1-9H,(H2,24,25,26,27,29). The van der Waals surface area contributed by atoms with Gasteiger partial charge in [0.05, 0.1) is 4.47 Å². The molecule has 3 aromatic rings. The number of para-hydroxylation sites is 1. The van der Waals surface area contributed by atoms with E-state index in [1.165, 1.54) is 12.3 Å². The van der Waals surface area contributed by atoms with E-state index in [1.807, 2.05) is 0 Å². The number of ether oxygens (including phenoxy) is 1. The quantitative estimate of drug-likeness (QED) is 0.452. The number of aromatic nitrogens is 1. The molecule has 29 heavy (non-hydrogen) atoms. The van der Waals surface area contributed by atoms with Gasteiger partial charge < -0.3 is 10.1 Å². The molecule has 5 nitrogen and oxygen atoms in total. The van der Waals surface area contributed by atoms with Crippen molar-refractivity contribution in [1.29, 1.82) is 0 Å². The molecule has 0 radical (unpaired) electrons. The van der Waals surface area contributed by atoms with Gasteiger partial charge in [0.25, 0.3) is 5.91 Å². The summed E-state index contributed by atoms with van der Waals surface area (Å²) >= 11 is 14.6. The minimum atomic E-state index is -0.898. The van der Waals surface area contributed by atoms with Crippen molar-refractivity contribution in [2.24, 2.45) is 0 Å². The molecule has 2 aromatic carbocycles. The molecule has 0 unspecified atom stereocenters. The van der Waals surface area contributed by atoms with E-state index in [-0.39, 0.29) is 26.2 Å². The number of nitrogens with one attached hydrogen (secondary N) is 2. The fourth-order valence-corrected chi connectivity index (χ4v) is 3.14. The number of thiocarbonyl (C=S) groups is 1. The highest BCUT2D eigenvalue weighted by Gasteiger charge is 2.19. The fraction of sp³-hybridized carbons (Fsp3) is 0. The summed E-state index contributed by atoms with van der Waals surface area (Å²) in [6.07, 6.45) is 1.31. The number of carbonyl (C=O) groups is 1. The molecule has 2 N–H and O–H groups in total. The Kier molecular flexibility index (Phi) is 6.73. The first-order valence-electron chi connectivity index (χ1n) is 8.00. The number of rotatable bonds is 4. The average Bonchev–Trinajstić information content (AvgIpc) is 2.70. The molecule has 0 aliphatic rings. The van der Waals surface area contributed by atoms with E-state index in [0.29, 0.717) is 5.56 Å². The average molecular weight is 499 g/mol. The molecule has 0 aliphatic heterocycles. The van der Waals surface area contributed by atoms with E-state index >= 15 is 0 Å². The van der Waals surface area contributed by atoms with Crippen LogP contribution in [0, 0.1) is 11.6 Å². The lowest BCUT2D eigenvalue weighted by molar-refractivity contribution is 0.0977. The van der Waals surface area contributed by atoms with Crippen molar-refractivity contribution in [3.8, 4) is 11.5 Å². The number of hydrogen-bond acceptors (Lipinski definition) is 4. The Bertz CT molecular complexity index is 1070. The van der Waals surface area contributed by atoms with Crippen LogP contribution in [-0.4, -0.2) is 16.0 Å². The number of pyridine rings is 1. The van der Waals surface area contributed by atoms with Crippen LogP contribution in [0.3, 0.4) is 0 Å². The highest BCUT2D eigenvalue weighted by molar-refractivity contribution is 9.10. The smallest absolute Gasteiger partial charge is 0.257 e. The summed E-state index contributed by atoms with van der Waals surface area (Å²) in [6, 6.07) is 11.8. The molecule has 1 heterocycles. The number of hydrogen-bond donors (Lipinski definition) is 2.